The van der Waals surface area contributed by atoms with Gasteiger partial charge < -0.3 is 5.32 Å². The van der Waals surface area contributed by atoms with Crippen LogP contribution in [0.3, 0.4) is 0 Å². The van der Waals surface area contributed by atoms with E-state index < -0.39 is 10.0 Å². The Morgan fingerprint density at radius 1 is 1.24 bits per heavy atom. The van der Waals surface area contributed by atoms with Crippen LogP contribution < -0.4 is 10.0 Å². The maximum Gasteiger partial charge on any atom is 0.261 e. The highest BCUT2D eigenvalue weighted by molar-refractivity contribution is 7.92. The van der Waals surface area contributed by atoms with Crippen LogP contribution in [-0.4, -0.2) is 14.5 Å². The van der Waals surface area contributed by atoms with E-state index in [-0.39, 0.29) is 0 Å². The zero-order valence-corrected chi connectivity index (χ0v) is 14.0. The van der Waals surface area contributed by atoms with E-state index in [1.807, 2.05) is 18.4 Å². The Morgan fingerprint density at radius 3 is 2.62 bits per heavy atom. The van der Waals surface area contributed by atoms with Crippen LogP contribution in [0, 0.1) is 6.92 Å². The molecule has 0 spiro atoms. The molecule has 114 valence electrons. The lowest BCUT2D eigenvalue weighted by molar-refractivity contribution is 0.585. The fraction of sp³-hybridized carbons (Fsp3) is 0.333. The van der Waals surface area contributed by atoms with Gasteiger partial charge in [-0.15, -0.1) is 0 Å². The lowest BCUT2D eigenvalue weighted by Crippen LogP contribution is -2.22. The first-order chi connectivity index (χ1) is 9.88. The van der Waals surface area contributed by atoms with Gasteiger partial charge >= 0.3 is 0 Å². The molecule has 0 saturated carbocycles. The first kappa shape index (κ1) is 16.0. The second kappa shape index (κ2) is 6.60. The third kappa shape index (κ3) is 4.30. The third-order valence-corrected chi connectivity index (χ3v) is 5.17. The zero-order chi connectivity index (χ0) is 15.5. The fourth-order valence-corrected chi connectivity index (χ4v) is 3.62. The van der Waals surface area contributed by atoms with Crippen LogP contribution in [0.2, 0.25) is 0 Å². The number of benzene rings is 1. The summed E-state index contributed by atoms with van der Waals surface area (Å²) in [6.45, 7) is 6.77. The Kier molecular flexibility index (Phi) is 5.03. The molecule has 21 heavy (non-hydrogen) atoms. The summed E-state index contributed by atoms with van der Waals surface area (Å²) in [5.74, 6) is 0. The van der Waals surface area contributed by atoms with Gasteiger partial charge in [0.2, 0.25) is 0 Å². The van der Waals surface area contributed by atoms with Crippen LogP contribution in [0.5, 0.6) is 0 Å². The van der Waals surface area contributed by atoms with Crippen LogP contribution in [0.4, 0.5) is 5.69 Å². The van der Waals surface area contributed by atoms with Crippen molar-refractivity contribution in [3.63, 3.8) is 0 Å². The van der Waals surface area contributed by atoms with Gasteiger partial charge in [0, 0.05) is 18.0 Å². The zero-order valence-electron chi connectivity index (χ0n) is 12.4. The van der Waals surface area contributed by atoms with Gasteiger partial charge in [-0.3, -0.25) is 4.72 Å². The number of hydrogen-bond donors (Lipinski definition) is 2. The minimum absolute atomic E-state index is 0.292. The van der Waals surface area contributed by atoms with E-state index in [1.165, 1.54) is 11.3 Å². The van der Waals surface area contributed by atoms with E-state index >= 15 is 0 Å². The normalized spacial score (nSPS) is 11.8. The third-order valence-electron chi connectivity index (χ3n) is 3.11. The number of sulfonamides is 1. The van der Waals surface area contributed by atoms with E-state index in [4.69, 9.17) is 0 Å². The molecule has 0 unspecified atom stereocenters. The summed E-state index contributed by atoms with van der Waals surface area (Å²) in [5, 5.41) is 6.92. The summed E-state index contributed by atoms with van der Waals surface area (Å²) >= 11 is 1.46. The van der Waals surface area contributed by atoms with Crippen molar-refractivity contribution < 1.29 is 8.42 Å². The van der Waals surface area contributed by atoms with Gasteiger partial charge in [0.15, 0.2) is 0 Å². The standard InChI is InChI=1S/C15H20N2O2S2/c1-11(2)16-9-13-8-15(5-4-12(13)3)21(18,19)17-14-6-7-20-10-14/h4-8,10-11,16-17H,9H2,1-3H3. The van der Waals surface area contributed by atoms with Crippen LogP contribution in [0.1, 0.15) is 25.0 Å². The first-order valence-electron chi connectivity index (χ1n) is 6.76. The predicted molar refractivity (Wildman–Crippen MR) is 88.3 cm³/mol. The van der Waals surface area contributed by atoms with Crippen molar-refractivity contribution in [1.29, 1.82) is 0 Å². The Hall–Kier alpha value is -1.37. The smallest absolute Gasteiger partial charge is 0.261 e. The van der Waals surface area contributed by atoms with Gasteiger partial charge in [-0.1, -0.05) is 19.9 Å². The van der Waals surface area contributed by atoms with Gasteiger partial charge in [-0.05, 0) is 41.6 Å². The molecule has 0 saturated heterocycles. The molecular formula is C15H20N2O2S2. The molecule has 1 aromatic heterocycles. The Labute approximate surface area is 130 Å². The van der Waals surface area contributed by atoms with Crippen LogP contribution in [-0.2, 0) is 16.6 Å². The highest BCUT2D eigenvalue weighted by Gasteiger charge is 2.15. The molecule has 0 aliphatic rings. The summed E-state index contributed by atoms with van der Waals surface area (Å²) in [7, 11) is -3.53. The van der Waals surface area contributed by atoms with E-state index in [0.29, 0.717) is 23.2 Å². The Balaban J connectivity index is 2.25. The predicted octanol–water partition coefficient (Wildman–Crippen LogP) is 3.36. The molecular weight excluding hydrogens is 304 g/mol. The van der Waals surface area contributed by atoms with E-state index in [9.17, 15) is 8.42 Å². The molecule has 0 radical (unpaired) electrons. The topological polar surface area (TPSA) is 58.2 Å². The number of thiophene rings is 1. The molecule has 1 heterocycles. The quantitative estimate of drug-likeness (QED) is 0.856. The van der Waals surface area contributed by atoms with Crippen molar-refractivity contribution >= 4 is 27.0 Å². The molecule has 0 aliphatic carbocycles. The lowest BCUT2D eigenvalue weighted by Gasteiger charge is -2.13. The summed E-state index contributed by atoms with van der Waals surface area (Å²) in [6, 6.07) is 7.33. The average molecular weight is 324 g/mol. The second-order valence-electron chi connectivity index (χ2n) is 5.24. The number of hydrogen-bond acceptors (Lipinski definition) is 4. The van der Waals surface area contributed by atoms with Gasteiger partial charge in [0.25, 0.3) is 10.0 Å². The monoisotopic (exact) mass is 324 g/mol. The fourth-order valence-electron chi connectivity index (χ4n) is 1.86. The van der Waals surface area contributed by atoms with Crippen molar-refractivity contribution in [3.05, 3.63) is 46.2 Å². The molecule has 0 aliphatic heterocycles. The Morgan fingerprint density at radius 2 is 2.00 bits per heavy atom. The van der Waals surface area contributed by atoms with Crippen LogP contribution in [0.15, 0.2) is 39.9 Å². The summed E-state index contributed by atoms with van der Waals surface area (Å²) in [5.41, 5.74) is 2.68. The van der Waals surface area contributed by atoms with Crippen molar-refractivity contribution in [2.75, 3.05) is 4.72 Å². The molecule has 4 nitrogen and oxygen atoms in total. The van der Waals surface area contributed by atoms with Crippen molar-refractivity contribution in [3.8, 4) is 0 Å². The second-order valence-corrected chi connectivity index (χ2v) is 7.70. The lowest BCUT2D eigenvalue weighted by atomic mass is 10.1. The number of nitrogens with one attached hydrogen (secondary N) is 2. The Bertz CT molecular complexity index is 692. The largest absolute Gasteiger partial charge is 0.310 e. The van der Waals surface area contributed by atoms with Gasteiger partial charge in [-0.25, -0.2) is 8.42 Å². The van der Waals surface area contributed by atoms with Crippen molar-refractivity contribution in [1.82, 2.24) is 5.32 Å². The summed E-state index contributed by atoms with van der Waals surface area (Å²) < 4.78 is 27.3. The molecule has 2 rings (SSSR count). The molecule has 0 atom stereocenters. The average Bonchev–Trinajstić information content (AvgIpc) is 2.89. The highest BCUT2D eigenvalue weighted by atomic mass is 32.2. The van der Waals surface area contributed by atoms with Crippen molar-refractivity contribution in [2.24, 2.45) is 0 Å². The van der Waals surface area contributed by atoms with Crippen molar-refractivity contribution in [2.45, 2.75) is 38.3 Å². The van der Waals surface area contributed by atoms with E-state index in [2.05, 4.69) is 23.9 Å². The van der Waals surface area contributed by atoms with E-state index in [0.717, 1.165) is 11.1 Å². The number of anilines is 1. The van der Waals surface area contributed by atoms with Gasteiger partial charge in [0.05, 0.1) is 10.6 Å². The molecule has 6 heteroatoms. The first-order valence-corrected chi connectivity index (χ1v) is 9.19. The molecule has 0 fully saturated rings. The molecule has 1 aromatic carbocycles. The minimum Gasteiger partial charge on any atom is -0.310 e. The SMILES string of the molecule is Cc1ccc(S(=O)(=O)Nc2ccsc2)cc1CNC(C)C. The van der Waals surface area contributed by atoms with Gasteiger partial charge in [0.1, 0.15) is 0 Å². The van der Waals surface area contributed by atoms with Crippen LogP contribution in [0.25, 0.3) is 0 Å². The maximum atomic E-state index is 12.4. The molecule has 2 aromatic rings. The molecule has 0 amide bonds. The van der Waals surface area contributed by atoms with E-state index in [1.54, 1.807) is 23.6 Å². The minimum atomic E-state index is -3.53. The number of rotatable bonds is 6. The molecule has 0 bridgehead atoms. The van der Waals surface area contributed by atoms with Crippen LogP contribution >= 0.6 is 11.3 Å². The summed E-state index contributed by atoms with van der Waals surface area (Å²) in [6.07, 6.45) is 0. The highest BCUT2D eigenvalue weighted by Crippen LogP contribution is 2.20. The summed E-state index contributed by atoms with van der Waals surface area (Å²) in [4.78, 5) is 0.292. The van der Waals surface area contributed by atoms with Gasteiger partial charge in [-0.2, -0.15) is 11.3 Å². The molecule has 2 N–H and O–H groups in total. The maximum absolute atomic E-state index is 12.4. The number of aryl methyl sites for hydroxylation is 1.